The van der Waals surface area contributed by atoms with E-state index in [1.807, 2.05) is 11.3 Å². The van der Waals surface area contributed by atoms with Gasteiger partial charge in [-0.2, -0.15) is 0 Å². The fraction of sp³-hybridized carbons (Fsp3) is 0.714. The van der Waals surface area contributed by atoms with E-state index in [2.05, 4.69) is 53.9 Å². The first-order valence-electron chi connectivity index (χ1n) is 6.75. The van der Waals surface area contributed by atoms with Crippen molar-refractivity contribution in [2.45, 2.75) is 25.3 Å². The molecule has 1 fully saturated rings. The summed E-state index contributed by atoms with van der Waals surface area (Å²) in [4.78, 5) is 3.91. The summed E-state index contributed by atoms with van der Waals surface area (Å²) in [6.07, 6.45) is 0. The lowest BCUT2D eigenvalue weighted by atomic mass is 9.91. The maximum absolute atomic E-state index is 3.64. The largest absolute Gasteiger partial charge is 0.314 e. The smallest absolute Gasteiger partial charge is 0.0342 e. The van der Waals surface area contributed by atoms with Crippen molar-refractivity contribution in [2.24, 2.45) is 0 Å². The Kier molecular flexibility index (Phi) is 4.78. The van der Waals surface area contributed by atoms with E-state index in [0.717, 1.165) is 32.7 Å². The average molecular weight is 267 g/mol. The minimum Gasteiger partial charge on any atom is -0.314 e. The van der Waals surface area contributed by atoms with Crippen LogP contribution in [-0.2, 0) is 5.41 Å². The van der Waals surface area contributed by atoms with Gasteiger partial charge < -0.3 is 10.6 Å². The number of rotatable bonds is 5. The van der Waals surface area contributed by atoms with Gasteiger partial charge in [0, 0.05) is 49.1 Å². The SMILES string of the molecule is CN1CCNCC1CNCC(C)(C)c1cccs1. The highest BCUT2D eigenvalue weighted by atomic mass is 32.1. The number of thiophene rings is 1. The highest BCUT2D eigenvalue weighted by Gasteiger charge is 2.23. The molecule has 102 valence electrons. The topological polar surface area (TPSA) is 27.3 Å². The van der Waals surface area contributed by atoms with Gasteiger partial charge in [0.15, 0.2) is 0 Å². The minimum absolute atomic E-state index is 0.231. The molecular weight excluding hydrogens is 242 g/mol. The molecule has 0 amide bonds. The van der Waals surface area contributed by atoms with Crippen LogP contribution in [0.3, 0.4) is 0 Å². The third kappa shape index (κ3) is 3.54. The molecule has 18 heavy (non-hydrogen) atoms. The van der Waals surface area contributed by atoms with Crippen molar-refractivity contribution in [1.82, 2.24) is 15.5 Å². The molecule has 3 nitrogen and oxygen atoms in total. The van der Waals surface area contributed by atoms with E-state index >= 15 is 0 Å². The third-order valence-electron chi connectivity index (χ3n) is 3.78. The number of hydrogen-bond acceptors (Lipinski definition) is 4. The van der Waals surface area contributed by atoms with Crippen molar-refractivity contribution in [3.05, 3.63) is 22.4 Å². The maximum Gasteiger partial charge on any atom is 0.0342 e. The van der Waals surface area contributed by atoms with Crippen LogP contribution in [0.4, 0.5) is 0 Å². The molecule has 4 heteroatoms. The Hall–Kier alpha value is -0.420. The van der Waals surface area contributed by atoms with Gasteiger partial charge in [-0.15, -0.1) is 11.3 Å². The first-order chi connectivity index (χ1) is 8.59. The van der Waals surface area contributed by atoms with Crippen molar-refractivity contribution in [2.75, 3.05) is 39.8 Å². The van der Waals surface area contributed by atoms with E-state index in [1.54, 1.807) is 0 Å². The summed E-state index contributed by atoms with van der Waals surface area (Å²) < 4.78 is 0. The van der Waals surface area contributed by atoms with Crippen LogP contribution in [0.15, 0.2) is 17.5 Å². The Morgan fingerprint density at radius 1 is 1.56 bits per heavy atom. The van der Waals surface area contributed by atoms with Gasteiger partial charge >= 0.3 is 0 Å². The monoisotopic (exact) mass is 267 g/mol. The molecule has 1 aromatic rings. The molecular formula is C14H25N3S. The zero-order valence-corrected chi connectivity index (χ0v) is 12.5. The number of hydrogen-bond donors (Lipinski definition) is 2. The van der Waals surface area contributed by atoms with Crippen molar-refractivity contribution in [3.8, 4) is 0 Å². The van der Waals surface area contributed by atoms with Crippen LogP contribution in [0.25, 0.3) is 0 Å². The standard InChI is InChI=1S/C14H25N3S/c1-14(2,13-5-4-8-18-13)11-16-10-12-9-15-6-7-17(12)3/h4-5,8,12,15-16H,6-7,9-11H2,1-3H3. The van der Waals surface area contributed by atoms with E-state index in [0.29, 0.717) is 6.04 Å². The molecule has 1 aromatic heterocycles. The van der Waals surface area contributed by atoms with E-state index in [9.17, 15) is 0 Å². The predicted octanol–water partition coefficient (Wildman–Crippen LogP) is 1.52. The van der Waals surface area contributed by atoms with Gasteiger partial charge in [0.1, 0.15) is 0 Å². The van der Waals surface area contributed by atoms with Crippen LogP contribution in [0.5, 0.6) is 0 Å². The lowest BCUT2D eigenvalue weighted by molar-refractivity contribution is 0.193. The van der Waals surface area contributed by atoms with Gasteiger partial charge in [-0.1, -0.05) is 19.9 Å². The molecule has 1 unspecified atom stereocenters. The molecule has 0 saturated carbocycles. The minimum atomic E-state index is 0.231. The molecule has 0 aliphatic carbocycles. The van der Waals surface area contributed by atoms with Crippen LogP contribution < -0.4 is 10.6 Å². The second-order valence-corrected chi connectivity index (χ2v) is 6.78. The second-order valence-electron chi connectivity index (χ2n) is 5.83. The lowest BCUT2D eigenvalue weighted by Crippen LogP contribution is -2.54. The van der Waals surface area contributed by atoms with Gasteiger partial charge in [-0.3, -0.25) is 4.90 Å². The Morgan fingerprint density at radius 3 is 3.06 bits per heavy atom. The third-order valence-corrected chi connectivity index (χ3v) is 5.02. The Labute approximate surface area is 115 Å². The van der Waals surface area contributed by atoms with Gasteiger partial charge in [-0.25, -0.2) is 0 Å². The van der Waals surface area contributed by atoms with Crippen LogP contribution in [-0.4, -0.2) is 50.7 Å². The average Bonchev–Trinajstić information content (AvgIpc) is 2.86. The second kappa shape index (κ2) is 6.15. The van der Waals surface area contributed by atoms with Crippen LogP contribution in [0.1, 0.15) is 18.7 Å². The summed E-state index contributed by atoms with van der Waals surface area (Å²) in [6, 6.07) is 5.00. The summed E-state index contributed by atoms with van der Waals surface area (Å²) in [5.74, 6) is 0. The lowest BCUT2D eigenvalue weighted by Gasteiger charge is -2.34. The molecule has 1 aliphatic rings. The van der Waals surface area contributed by atoms with E-state index in [4.69, 9.17) is 0 Å². The molecule has 0 radical (unpaired) electrons. The van der Waals surface area contributed by atoms with Gasteiger partial charge in [0.2, 0.25) is 0 Å². The molecule has 0 aromatic carbocycles. The Morgan fingerprint density at radius 2 is 2.39 bits per heavy atom. The van der Waals surface area contributed by atoms with Gasteiger partial charge in [-0.05, 0) is 18.5 Å². The van der Waals surface area contributed by atoms with Crippen LogP contribution in [0, 0.1) is 0 Å². The fourth-order valence-electron chi connectivity index (χ4n) is 2.39. The zero-order chi connectivity index (χ0) is 13.0. The number of likely N-dealkylation sites (N-methyl/N-ethyl adjacent to an activating group) is 1. The molecule has 1 atom stereocenters. The summed E-state index contributed by atoms with van der Waals surface area (Å²) in [6.45, 7) is 10.1. The van der Waals surface area contributed by atoms with Crippen molar-refractivity contribution in [1.29, 1.82) is 0 Å². The van der Waals surface area contributed by atoms with Crippen molar-refractivity contribution < 1.29 is 0 Å². The Balaban J connectivity index is 1.77. The summed E-state index contributed by atoms with van der Waals surface area (Å²) in [7, 11) is 2.22. The van der Waals surface area contributed by atoms with E-state index < -0.39 is 0 Å². The zero-order valence-electron chi connectivity index (χ0n) is 11.7. The van der Waals surface area contributed by atoms with Crippen LogP contribution >= 0.6 is 11.3 Å². The first-order valence-corrected chi connectivity index (χ1v) is 7.63. The normalized spacial score (nSPS) is 22.3. The van der Waals surface area contributed by atoms with Crippen LogP contribution in [0.2, 0.25) is 0 Å². The number of piperazine rings is 1. The highest BCUT2D eigenvalue weighted by Crippen LogP contribution is 2.26. The fourth-order valence-corrected chi connectivity index (χ4v) is 3.24. The quantitative estimate of drug-likeness (QED) is 0.847. The molecule has 1 aliphatic heterocycles. The predicted molar refractivity (Wildman–Crippen MR) is 79.5 cm³/mol. The molecule has 2 N–H and O–H groups in total. The maximum atomic E-state index is 3.64. The molecule has 2 heterocycles. The highest BCUT2D eigenvalue weighted by molar-refractivity contribution is 7.10. The first kappa shape index (κ1) is 14.0. The van der Waals surface area contributed by atoms with E-state index in [-0.39, 0.29) is 5.41 Å². The van der Waals surface area contributed by atoms with Crippen molar-refractivity contribution in [3.63, 3.8) is 0 Å². The summed E-state index contributed by atoms with van der Waals surface area (Å²) in [5, 5.41) is 9.26. The molecule has 0 bridgehead atoms. The summed E-state index contributed by atoms with van der Waals surface area (Å²) in [5.41, 5.74) is 0.231. The van der Waals surface area contributed by atoms with Crippen molar-refractivity contribution >= 4 is 11.3 Å². The van der Waals surface area contributed by atoms with Gasteiger partial charge in [0.05, 0.1) is 0 Å². The Bertz CT molecular complexity index is 348. The summed E-state index contributed by atoms with van der Waals surface area (Å²) >= 11 is 1.85. The number of nitrogens with zero attached hydrogens (tertiary/aromatic N) is 1. The molecule has 1 saturated heterocycles. The van der Waals surface area contributed by atoms with Gasteiger partial charge in [0.25, 0.3) is 0 Å². The van der Waals surface area contributed by atoms with E-state index in [1.165, 1.54) is 4.88 Å². The number of nitrogens with one attached hydrogen (secondary N) is 2. The molecule has 0 spiro atoms. The molecule has 2 rings (SSSR count).